The Labute approximate surface area is 142 Å². The maximum atomic E-state index is 12.5. The van der Waals surface area contributed by atoms with E-state index in [0.717, 1.165) is 36.4 Å². The molecule has 2 atom stereocenters. The van der Waals surface area contributed by atoms with Crippen molar-refractivity contribution >= 4 is 21.4 Å². The van der Waals surface area contributed by atoms with Crippen LogP contribution >= 0.6 is 11.3 Å². The van der Waals surface area contributed by atoms with Gasteiger partial charge in [-0.2, -0.15) is 0 Å². The van der Waals surface area contributed by atoms with Gasteiger partial charge in [0.25, 0.3) is 0 Å². The van der Waals surface area contributed by atoms with Gasteiger partial charge >= 0.3 is 0 Å². The first kappa shape index (κ1) is 16.0. The quantitative estimate of drug-likeness (QED) is 0.786. The maximum Gasteiger partial charge on any atom is 0.217 e. The van der Waals surface area contributed by atoms with Crippen molar-refractivity contribution in [1.82, 2.24) is 9.29 Å². The second-order valence-electron chi connectivity index (χ2n) is 7.34. The zero-order valence-corrected chi connectivity index (χ0v) is 15.2. The minimum atomic E-state index is -3.05. The first-order valence-electron chi connectivity index (χ1n) is 8.47. The number of aryl methyl sites for hydroxylation is 1. The summed E-state index contributed by atoms with van der Waals surface area (Å²) in [5, 5.41) is 3.00. The molecule has 2 heterocycles. The number of thiazole rings is 1. The molecule has 3 fully saturated rings. The van der Waals surface area contributed by atoms with Crippen LogP contribution in [-0.4, -0.2) is 42.7 Å². The molecule has 128 valence electrons. The first-order chi connectivity index (χ1) is 11.0. The van der Waals surface area contributed by atoms with Gasteiger partial charge in [-0.1, -0.05) is 6.42 Å². The van der Waals surface area contributed by atoms with Gasteiger partial charge in [-0.05, 0) is 38.5 Å². The van der Waals surface area contributed by atoms with Crippen molar-refractivity contribution in [2.45, 2.75) is 50.9 Å². The molecule has 1 aromatic heterocycles. The van der Waals surface area contributed by atoms with Crippen LogP contribution in [0.1, 0.15) is 42.8 Å². The molecule has 0 amide bonds. The van der Waals surface area contributed by atoms with Crippen molar-refractivity contribution in [2.75, 3.05) is 19.7 Å². The van der Waals surface area contributed by atoms with E-state index in [0.29, 0.717) is 32.2 Å². The number of nitrogens with zero attached hydrogens (tertiary/aromatic N) is 2. The van der Waals surface area contributed by atoms with Crippen LogP contribution in [0.2, 0.25) is 0 Å². The molecule has 5 nitrogen and oxygen atoms in total. The third kappa shape index (κ3) is 2.97. The minimum Gasteiger partial charge on any atom is -0.374 e. The summed E-state index contributed by atoms with van der Waals surface area (Å²) < 4.78 is 32.8. The average Bonchev–Trinajstić information content (AvgIpc) is 3.04. The van der Waals surface area contributed by atoms with Crippen LogP contribution in [-0.2, 0) is 21.4 Å². The third-order valence-corrected chi connectivity index (χ3v) is 8.75. The molecule has 0 unspecified atom stereocenters. The van der Waals surface area contributed by atoms with Crippen LogP contribution in [0.3, 0.4) is 0 Å². The Kier molecular flexibility index (Phi) is 4.03. The van der Waals surface area contributed by atoms with Crippen LogP contribution in [0, 0.1) is 18.3 Å². The molecule has 3 aliphatic rings. The molecule has 2 aliphatic carbocycles. The normalized spacial score (nSPS) is 31.6. The summed E-state index contributed by atoms with van der Waals surface area (Å²) in [4.78, 5) is 4.43. The number of aromatic nitrogens is 1. The van der Waals surface area contributed by atoms with E-state index in [1.807, 2.05) is 12.3 Å². The average molecular weight is 357 g/mol. The molecule has 4 rings (SSSR count). The summed E-state index contributed by atoms with van der Waals surface area (Å²) in [6, 6.07) is 0. The van der Waals surface area contributed by atoms with Gasteiger partial charge in [0.1, 0.15) is 0 Å². The lowest BCUT2D eigenvalue weighted by molar-refractivity contribution is 0.0279. The van der Waals surface area contributed by atoms with Gasteiger partial charge in [0.2, 0.25) is 10.0 Å². The van der Waals surface area contributed by atoms with Crippen molar-refractivity contribution in [2.24, 2.45) is 11.3 Å². The molecule has 2 saturated carbocycles. The van der Waals surface area contributed by atoms with E-state index in [1.54, 1.807) is 15.6 Å². The van der Waals surface area contributed by atoms with E-state index < -0.39 is 10.0 Å². The van der Waals surface area contributed by atoms with E-state index in [1.165, 1.54) is 6.42 Å². The van der Waals surface area contributed by atoms with Crippen LogP contribution in [0.5, 0.6) is 0 Å². The highest BCUT2D eigenvalue weighted by Crippen LogP contribution is 2.50. The molecule has 1 aliphatic heterocycles. The Balaban J connectivity index is 1.41. The lowest BCUT2D eigenvalue weighted by atomic mass is 9.82. The highest BCUT2D eigenvalue weighted by atomic mass is 32.2. The molecule has 0 spiro atoms. The highest BCUT2D eigenvalue weighted by Gasteiger charge is 2.54. The second-order valence-corrected chi connectivity index (χ2v) is 10.6. The molecule has 1 saturated heterocycles. The third-order valence-electron chi connectivity index (χ3n) is 5.62. The molecular formula is C16H24N2O3S2. The predicted octanol–water partition coefficient (Wildman–Crippen LogP) is 2.56. The predicted molar refractivity (Wildman–Crippen MR) is 89.8 cm³/mol. The molecule has 0 aromatic carbocycles. The number of hydrogen-bond acceptors (Lipinski definition) is 5. The van der Waals surface area contributed by atoms with E-state index in [2.05, 4.69) is 4.98 Å². The van der Waals surface area contributed by atoms with Crippen molar-refractivity contribution in [3.63, 3.8) is 0 Å². The SMILES string of the molecule is Cc1nc(COC[C@@]23CCC[C@@H]2CN(S(=O)(=O)C2CC2)C3)cs1. The Hall–Kier alpha value is -0.500. The molecule has 0 radical (unpaired) electrons. The van der Waals surface area contributed by atoms with Crippen LogP contribution in [0.4, 0.5) is 0 Å². The van der Waals surface area contributed by atoms with Crippen molar-refractivity contribution in [1.29, 1.82) is 0 Å². The summed E-state index contributed by atoms with van der Waals surface area (Å²) >= 11 is 1.64. The van der Waals surface area contributed by atoms with Gasteiger partial charge in [-0.25, -0.2) is 17.7 Å². The number of rotatable bonds is 6. The summed E-state index contributed by atoms with van der Waals surface area (Å²) in [5.74, 6) is 0.466. The molecule has 0 bridgehead atoms. The van der Waals surface area contributed by atoms with E-state index in [-0.39, 0.29) is 10.7 Å². The Morgan fingerprint density at radius 3 is 2.96 bits per heavy atom. The number of hydrogen-bond donors (Lipinski definition) is 0. The number of fused-ring (bicyclic) bond motifs is 1. The van der Waals surface area contributed by atoms with Crippen LogP contribution in [0.15, 0.2) is 5.38 Å². The fourth-order valence-electron chi connectivity index (χ4n) is 4.21. The Bertz CT molecular complexity index is 683. The summed E-state index contributed by atoms with van der Waals surface area (Å²) in [6.07, 6.45) is 5.10. The molecule has 23 heavy (non-hydrogen) atoms. The number of ether oxygens (including phenoxy) is 1. The Morgan fingerprint density at radius 2 is 2.26 bits per heavy atom. The van der Waals surface area contributed by atoms with Gasteiger partial charge in [0.05, 0.1) is 29.2 Å². The van der Waals surface area contributed by atoms with Crippen molar-refractivity contribution < 1.29 is 13.2 Å². The standard InChI is InChI=1S/C16H24N2O3S2/c1-12-17-14(9-22-12)8-21-11-16-6-2-3-13(16)7-18(10-16)23(19,20)15-4-5-15/h9,13,15H,2-8,10-11H2,1H3/t13-,16+/m1/s1. The monoisotopic (exact) mass is 356 g/mol. The van der Waals surface area contributed by atoms with E-state index >= 15 is 0 Å². The largest absolute Gasteiger partial charge is 0.374 e. The maximum absolute atomic E-state index is 12.5. The molecular weight excluding hydrogens is 332 g/mol. The number of sulfonamides is 1. The molecule has 0 N–H and O–H groups in total. The van der Waals surface area contributed by atoms with Gasteiger partial charge in [0, 0.05) is 23.9 Å². The van der Waals surface area contributed by atoms with Crippen molar-refractivity contribution in [3.05, 3.63) is 16.1 Å². The zero-order chi connectivity index (χ0) is 16.1. The second kappa shape index (κ2) is 5.79. The van der Waals surface area contributed by atoms with Crippen molar-refractivity contribution in [3.8, 4) is 0 Å². The fourth-order valence-corrected chi connectivity index (χ4v) is 6.78. The summed E-state index contributed by atoms with van der Waals surface area (Å²) in [6.45, 7) is 4.56. The summed E-state index contributed by atoms with van der Waals surface area (Å²) in [7, 11) is -3.05. The van der Waals surface area contributed by atoms with E-state index in [4.69, 9.17) is 4.74 Å². The van der Waals surface area contributed by atoms with Gasteiger partial charge in [-0.3, -0.25) is 0 Å². The van der Waals surface area contributed by atoms with Crippen LogP contribution < -0.4 is 0 Å². The van der Waals surface area contributed by atoms with Gasteiger partial charge in [0.15, 0.2) is 0 Å². The lowest BCUT2D eigenvalue weighted by Crippen LogP contribution is -2.36. The smallest absolute Gasteiger partial charge is 0.217 e. The fraction of sp³-hybridized carbons (Fsp3) is 0.812. The highest BCUT2D eigenvalue weighted by molar-refractivity contribution is 7.90. The molecule has 1 aromatic rings. The lowest BCUT2D eigenvalue weighted by Gasteiger charge is -2.28. The first-order valence-corrected chi connectivity index (χ1v) is 10.9. The van der Waals surface area contributed by atoms with E-state index in [9.17, 15) is 8.42 Å². The Morgan fingerprint density at radius 1 is 1.43 bits per heavy atom. The molecule has 7 heteroatoms. The minimum absolute atomic E-state index is 0.0347. The zero-order valence-electron chi connectivity index (χ0n) is 13.5. The van der Waals surface area contributed by atoms with Gasteiger partial charge in [-0.15, -0.1) is 11.3 Å². The van der Waals surface area contributed by atoms with Crippen LogP contribution in [0.25, 0.3) is 0 Å². The summed E-state index contributed by atoms with van der Waals surface area (Å²) in [5.41, 5.74) is 1.02. The van der Waals surface area contributed by atoms with Gasteiger partial charge < -0.3 is 4.74 Å². The topological polar surface area (TPSA) is 59.5 Å².